The minimum atomic E-state index is -0.283. The molecule has 1 atom stereocenters. The highest BCUT2D eigenvalue weighted by molar-refractivity contribution is 6.31. The van der Waals surface area contributed by atoms with Crippen molar-refractivity contribution in [3.63, 3.8) is 0 Å². The lowest BCUT2D eigenvalue weighted by Crippen LogP contribution is -2.11. The molecule has 0 radical (unpaired) electrons. The third-order valence-corrected chi connectivity index (χ3v) is 2.87. The van der Waals surface area contributed by atoms with Gasteiger partial charge < -0.3 is 5.73 Å². The van der Waals surface area contributed by atoms with Gasteiger partial charge in [-0.3, -0.25) is 4.68 Å². The van der Waals surface area contributed by atoms with Crippen LogP contribution in [0, 0.1) is 11.3 Å². The largest absolute Gasteiger partial charge is 0.320 e. The summed E-state index contributed by atoms with van der Waals surface area (Å²) in [6.45, 7) is 0. The summed E-state index contributed by atoms with van der Waals surface area (Å²) in [7, 11) is 1.84. The standard InChI is InChI=1S/C12H11ClN4/c1-17-7-10(6-16-17)12(15)8-2-3-9(5-14)11(13)4-8/h2-4,6-7,12H,15H2,1H3/t12-/m1/s1. The summed E-state index contributed by atoms with van der Waals surface area (Å²) < 4.78 is 1.69. The molecule has 4 nitrogen and oxygen atoms in total. The zero-order valence-electron chi connectivity index (χ0n) is 9.26. The molecule has 1 heterocycles. The molecule has 5 heteroatoms. The van der Waals surface area contributed by atoms with Crippen molar-refractivity contribution in [1.29, 1.82) is 5.26 Å². The predicted molar refractivity (Wildman–Crippen MR) is 65.4 cm³/mol. The number of hydrogen-bond donors (Lipinski definition) is 1. The van der Waals surface area contributed by atoms with Gasteiger partial charge in [-0.15, -0.1) is 0 Å². The molecule has 17 heavy (non-hydrogen) atoms. The van der Waals surface area contributed by atoms with Crippen molar-refractivity contribution >= 4 is 11.6 Å². The number of hydrogen-bond acceptors (Lipinski definition) is 3. The van der Waals surface area contributed by atoms with Crippen molar-refractivity contribution in [3.05, 3.63) is 52.3 Å². The van der Waals surface area contributed by atoms with Gasteiger partial charge >= 0.3 is 0 Å². The summed E-state index contributed by atoms with van der Waals surface area (Å²) in [4.78, 5) is 0. The van der Waals surface area contributed by atoms with Gasteiger partial charge in [0.15, 0.2) is 0 Å². The molecule has 0 unspecified atom stereocenters. The fourth-order valence-corrected chi connectivity index (χ4v) is 1.84. The maximum atomic E-state index is 8.79. The van der Waals surface area contributed by atoms with Gasteiger partial charge in [0, 0.05) is 18.8 Å². The highest BCUT2D eigenvalue weighted by Gasteiger charge is 2.12. The van der Waals surface area contributed by atoms with Crippen molar-refractivity contribution in [2.24, 2.45) is 12.8 Å². The number of nitriles is 1. The molecular formula is C12H11ClN4. The lowest BCUT2D eigenvalue weighted by Gasteiger charge is -2.10. The minimum Gasteiger partial charge on any atom is -0.320 e. The van der Waals surface area contributed by atoms with Gasteiger partial charge in [-0.25, -0.2) is 0 Å². The van der Waals surface area contributed by atoms with E-state index in [1.807, 2.05) is 25.4 Å². The van der Waals surface area contributed by atoms with Crippen molar-refractivity contribution in [2.45, 2.75) is 6.04 Å². The molecule has 2 aromatic rings. The zero-order valence-corrected chi connectivity index (χ0v) is 10.0. The van der Waals surface area contributed by atoms with E-state index < -0.39 is 0 Å². The fraction of sp³-hybridized carbons (Fsp3) is 0.167. The molecule has 0 amide bonds. The van der Waals surface area contributed by atoms with Crippen LogP contribution in [0.1, 0.15) is 22.7 Å². The third kappa shape index (κ3) is 2.31. The molecule has 0 aliphatic carbocycles. The van der Waals surface area contributed by atoms with Crippen LogP contribution < -0.4 is 5.73 Å². The Morgan fingerprint density at radius 3 is 2.76 bits per heavy atom. The van der Waals surface area contributed by atoms with Crippen LogP contribution in [0.15, 0.2) is 30.6 Å². The number of rotatable bonds is 2. The first-order valence-corrected chi connectivity index (χ1v) is 5.43. The Labute approximate surface area is 104 Å². The molecule has 2 N–H and O–H groups in total. The Morgan fingerprint density at radius 2 is 2.24 bits per heavy atom. The van der Waals surface area contributed by atoms with Gasteiger partial charge in [-0.05, 0) is 17.7 Å². The predicted octanol–water partition coefficient (Wildman–Crippen LogP) is 1.99. The van der Waals surface area contributed by atoms with Gasteiger partial charge in [-0.1, -0.05) is 17.7 Å². The number of nitrogens with zero attached hydrogens (tertiary/aromatic N) is 3. The number of nitrogens with two attached hydrogens (primary N) is 1. The second-order valence-electron chi connectivity index (χ2n) is 3.78. The lowest BCUT2D eigenvalue weighted by atomic mass is 10.0. The Morgan fingerprint density at radius 1 is 1.47 bits per heavy atom. The Hall–Kier alpha value is -1.83. The van der Waals surface area contributed by atoms with Crippen LogP contribution in [-0.2, 0) is 7.05 Å². The molecular weight excluding hydrogens is 236 g/mol. The molecule has 0 aliphatic heterocycles. The SMILES string of the molecule is Cn1cc([C@H](N)c2ccc(C#N)c(Cl)c2)cn1. The number of benzene rings is 1. The van der Waals surface area contributed by atoms with Crippen molar-refractivity contribution in [1.82, 2.24) is 9.78 Å². The number of aromatic nitrogens is 2. The fourth-order valence-electron chi connectivity index (χ4n) is 1.61. The van der Waals surface area contributed by atoms with Crippen molar-refractivity contribution < 1.29 is 0 Å². The summed E-state index contributed by atoms with van der Waals surface area (Å²) in [5, 5.41) is 13.3. The number of aryl methyl sites for hydroxylation is 1. The Bertz CT molecular complexity index is 582. The molecule has 0 spiro atoms. The quantitative estimate of drug-likeness (QED) is 0.881. The summed E-state index contributed by atoms with van der Waals surface area (Å²) in [5.41, 5.74) is 8.32. The molecule has 0 bridgehead atoms. The van der Waals surface area contributed by atoms with Gasteiger partial charge in [0.2, 0.25) is 0 Å². The molecule has 0 aliphatic rings. The molecule has 1 aromatic heterocycles. The zero-order chi connectivity index (χ0) is 12.4. The van der Waals surface area contributed by atoms with Crippen LogP contribution in [0.25, 0.3) is 0 Å². The summed E-state index contributed by atoms with van der Waals surface area (Å²) in [6, 6.07) is 6.93. The van der Waals surface area contributed by atoms with Crippen LogP contribution in [0.2, 0.25) is 5.02 Å². The molecule has 0 fully saturated rings. The normalized spacial score (nSPS) is 12.1. The highest BCUT2D eigenvalue weighted by atomic mass is 35.5. The van der Waals surface area contributed by atoms with Crippen LogP contribution in [0.5, 0.6) is 0 Å². The molecule has 86 valence electrons. The van der Waals surface area contributed by atoms with E-state index in [-0.39, 0.29) is 6.04 Å². The Balaban J connectivity index is 2.35. The van der Waals surface area contributed by atoms with E-state index in [0.717, 1.165) is 11.1 Å². The smallest absolute Gasteiger partial charge is 0.101 e. The maximum Gasteiger partial charge on any atom is 0.101 e. The van der Waals surface area contributed by atoms with E-state index in [1.54, 1.807) is 23.0 Å². The van der Waals surface area contributed by atoms with E-state index in [4.69, 9.17) is 22.6 Å². The van der Waals surface area contributed by atoms with Crippen LogP contribution in [0.4, 0.5) is 0 Å². The second kappa shape index (κ2) is 4.58. The van der Waals surface area contributed by atoms with Crippen molar-refractivity contribution in [2.75, 3.05) is 0 Å². The van der Waals surface area contributed by atoms with Crippen molar-refractivity contribution in [3.8, 4) is 6.07 Å². The first kappa shape index (κ1) is 11.6. The third-order valence-electron chi connectivity index (χ3n) is 2.56. The van der Waals surface area contributed by atoms with E-state index in [0.29, 0.717) is 10.6 Å². The lowest BCUT2D eigenvalue weighted by molar-refractivity contribution is 0.765. The van der Waals surface area contributed by atoms with Gasteiger partial charge in [-0.2, -0.15) is 10.4 Å². The molecule has 2 rings (SSSR count). The van der Waals surface area contributed by atoms with Crippen LogP contribution >= 0.6 is 11.6 Å². The Kier molecular flexibility index (Phi) is 3.14. The van der Waals surface area contributed by atoms with E-state index in [9.17, 15) is 0 Å². The van der Waals surface area contributed by atoms with E-state index >= 15 is 0 Å². The van der Waals surface area contributed by atoms with Crippen LogP contribution in [0.3, 0.4) is 0 Å². The van der Waals surface area contributed by atoms with E-state index in [1.165, 1.54) is 0 Å². The summed E-state index contributed by atoms with van der Waals surface area (Å²) in [5.74, 6) is 0. The monoisotopic (exact) mass is 246 g/mol. The second-order valence-corrected chi connectivity index (χ2v) is 4.18. The van der Waals surface area contributed by atoms with Gasteiger partial charge in [0.05, 0.1) is 22.8 Å². The first-order valence-electron chi connectivity index (χ1n) is 5.05. The molecule has 0 saturated heterocycles. The summed E-state index contributed by atoms with van der Waals surface area (Å²) in [6.07, 6.45) is 3.58. The topological polar surface area (TPSA) is 67.6 Å². The summed E-state index contributed by atoms with van der Waals surface area (Å²) >= 11 is 5.97. The van der Waals surface area contributed by atoms with Gasteiger partial charge in [0.1, 0.15) is 6.07 Å². The van der Waals surface area contributed by atoms with Crippen LogP contribution in [-0.4, -0.2) is 9.78 Å². The maximum absolute atomic E-state index is 8.79. The number of halogens is 1. The van der Waals surface area contributed by atoms with Gasteiger partial charge in [0.25, 0.3) is 0 Å². The minimum absolute atomic E-state index is 0.283. The molecule has 1 aromatic carbocycles. The molecule has 0 saturated carbocycles. The van der Waals surface area contributed by atoms with E-state index in [2.05, 4.69) is 5.10 Å². The highest BCUT2D eigenvalue weighted by Crippen LogP contribution is 2.24. The first-order chi connectivity index (χ1) is 8.11. The average Bonchev–Trinajstić information content (AvgIpc) is 2.75. The average molecular weight is 247 g/mol.